The predicted octanol–water partition coefficient (Wildman–Crippen LogP) is 3.09. The number of hydrogen-bond donors (Lipinski definition) is 1. The van der Waals surface area contributed by atoms with E-state index in [-0.39, 0.29) is 17.4 Å². The Kier molecular flexibility index (Phi) is 3.25. The molecule has 2 aliphatic rings. The van der Waals surface area contributed by atoms with E-state index >= 15 is 0 Å². The van der Waals surface area contributed by atoms with Crippen LogP contribution in [0.5, 0.6) is 0 Å². The largest absolute Gasteiger partial charge is 0.465 e. The lowest BCUT2D eigenvalue weighted by atomic mass is 9.79. The highest BCUT2D eigenvalue weighted by Crippen LogP contribution is 2.41. The van der Waals surface area contributed by atoms with Gasteiger partial charge in [-0.1, -0.05) is 0 Å². The van der Waals surface area contributed by atoms with E-state index in [0.29, 0.717) is 6.61 Å². The van der Waals surface area contributed by atoms with Gasteiger partial charge in [-0.05, 0) is 46.0 Å². The van der Waals surface area contributed by atoms with Crippen molar-refractivity contribution in [1.29, 1.82) is 0 Å². The van der Waals surface area contributed by atoms with E-state index in [0.717, 1.165) is 23.7 Å². The Balaban J connectivity index is 1.74. The molecule has 0 radical (unpaired) electrons. The summed E-state index contributed by atoms with van der Waals surface area (Å²) < 4.78 is 5.13. The van der Waals surface area contributed by atoms with E-state index in [2.05, 4.69) is 17.2 Å². The topological polar surface area (TPSA) is 51.2 Å². The second-order valence-corrected chi connectivity index (χ2v) is 6.79. The molecule has 0 spiro atoms. The Hall–Kier alpha value is -1.10. The van der Waals surface area contributed by atoms with Gasteiger partial charge in [-0.2, -0.15) is 0 Å². The van der Waals surface area contributed by atoms with Crippen LogP contribution in [0.4, 0.5) is 5.13 Å². The summed E-state index contributed by atoms with van der Waals surface area (Å²) in [5, 5.41) is 4.50. The molecule has 0 amide bonds. The molecule has 0 bridgehead atoms. The van der Waals surface area contributed by atoms with Crippen LogP contribution in [-0.2, 0) is 16.0 Å². The summed E-state index contributed by atoms with van der Waals surface area (Å²) in [6, 6.07) is 0. The van der Waals surface area contributed by atoms with Crippen LogP contribution >= 0.6 is 11.3 Å². The van der Waals surface area contributed by atoms with E-state index in [9.17, 15) is 4.79 Å². The molecular weight excluding hydrogens is 260 g/mol. The van der Waals surface area contributed by atoms with Gasteiger partial charge >= 0.3 is 5.97 Å². The highest BCUT2D eigenvalue weighted by atomic mass is 32.1. The molecule has 0 saturated heterocycles. The van der Waals surface area contributed by atoms with Gasteiger partial charge in [-0.15, -0.1) is 11.3 Å². The summed E-state index contributed by atoms with van der Waals surface area (Å²) >= 11 is 1.71. The quantitative estimate of drug-likeness (QED) is 0.861. The third-order valence-corrected chi connectivity index (χ3v) is 5.20. The zero-order chi connectivity index (χ0) is 13.5. The van der Waals surface area contributed by atoms with Crippen LogP contribution in [-0.4, -0.2) is 23.1 Å². The van der Waals surface area contributed by atoms with Crippen molar-refractivity contribution in [2.45, 2.75) is 57.4 Å². The van der Waals surface area contributed by atoms with Gasteiger partial charge in [-0.25, -0.2) is 4.98 Å². The van der Waals surface area contributed by atoms with Crippen molar-refractivity contribution < 1.29 is 9.53 Å². The van der Waals surface area contributed by atoms with E-state index in [1.807, 2.05) is 6.92 Å². The maximum absolute atomic E-state index is 11.9. The smallest absolute Gasteiger partial charge is 0.315 e. The molecule has 0 aliphatic heterocycles. The van der Waals surface area contributed by atoms with Gasteiger partial charge in [0.15, 0.2) is 5.13 Å². The lowest BCUT2D eigenvalue weighted by Crippen LogP contribution is -2.41. The van der Waals surface area contributed by atoms with Gasteiger partial charge in [0.25, 0.3) is 0 Å². The number of carbonyl (C=O) groups excluding carboxylic acids is 1. The highest BCUT2D eigenvalue weighted by molar-refractivity contribution is 7.15. The number of nitrogens with zero attached hydrogens (tertiary/aromatic N) is 1. The molecule has 0 aromatic carbocycles. The monoisotopic (exact) mass is 280 g/mol. The molecule has 19 heavy (non-hydrogen) atoms. The van der Waals surface area contributed by atoms with Crippen LogP contribution in [0.2, 0.25) is 0 Å². The zero-order valence-corrected chi connectivity index (χ0v) is 12.3. The SMILES string of the molecule is CCOC(=O)C1CCc2sc(NC3(C)CCC3)nc21. The van der Waals surface area contributed by atoms with Gasteiger partial charge < -0.3 is 10.1 Å². The number of anilines is 1. The minimum Gasteiger partial charge on any atom is -0.465 e. The van der Waals surface area contributed by atoms with Gasteiger partial charge in [-0.3, -0.25) is 4.79 Å². The molecule has 1 aromatic heterocycles. The number of carbonyl (C=O) groups is 1. The zero-order valence-electron chi connectivity index (χ0n) is 11.5. The van der Waals surface area contributed by atoms with Crippen LogP contribution < -0.4 is 5.32 Å². The molecule has 1 fully saturated rings. The van der Waals surface area contributed by atoms with Crippen LogP contribution in [0.3, 0.4) is 0 Å². The second-order valence-electron chi connectivity index (χ2n) is 5.71. The molecule has 1 N–H and O–H groups in total. The van der Waals surface area contributed by atoms with Crippen molar-refractivity contribution in [3.05, 3.63) is 10.6 Å². The van der Waals surface area contributed by atoms with Crippen molar-refractivity contribution >= 4 is 22.4 Å². The average Bonchev–Trinajstić information content (AvgIpc) is 2.86. The Labute approximate surface area is 117 Å². The summed E-state index contributed by atoms with van der Waals surface area (Å²) in [6.45, 7) is 4.53. The number of nitrogens with one attached hydrogen (secondary N) is 1. The first-order valence-electron chi connectivity index (χ1n) is 7.06. The lowest BCUT2D eigenvalue weighted by Gasteiger charge is -2.39. The fourth-order valence-electron chi connectivity index (χ4n) is 2.84. The van der Waals surface area contributed by atoms with Gasteiger partial charge in [0.05, 0.1) is 12.3 Å². The van der Waals surface area contributed by atoms with E-state index in [4.69, 9.17) is 4.74 Å². The number of ether oxygens (including phenoxy) is 1. The third kappa shape index (κ3) is 2.36. The second kappa shape index (κ2) is 4.78. The van der Waals surface area contributed by atoms with Crippen LogP contribution in [0.1, 0.15) is 56.0 Å². The van der Waals surface area contributed by atoms with Gasteiger partial charge in [0.2, 0.25) is 0 Å². The lowest BCUT2D eigenvalue weighted by molar-refractivity contribution is -0.145. The fourth-order valence-corrected chi connectivity index (χ4v) is 4.03. The van der Waals surface area contributed by atoms with Crippen molar-refractivity contribution in [2.24, 2.45) is 0 Å². The maximum Gasteiger partial charge on any atom is 0.315 e. The first-order chi connectivity index (χ1) is 9.11. The molecule has 2 aliphatic carbocycles. The minimum absolute atomic E-state index is 0.118. The molecule has 5 heteroatoms. The number of hydrogen-bond acceptors (Lipinski definition) is 5. The third-order valence-electron chi connectivity index (χ3n) is 4.15. The first-order valence-corrected chi connectivity index (χ1v) is 7.87. The Bertz CT molecular complexity index is 494. The normalized spacial score (nSPS) is 23.6. The Morgan fingerprint density at radius 1 is 1.58 bits per heavy atom. The average molecular weight is 280 g/mol. The fraction of sp³-hybridized carbons (Fsp3) is 0.714. The molecule has 4 nitrogen and oxygen atoms in total. The number of fused-ring (bicyclic) bond motifs is 1. The Morgan fingerprint density at radius 2 is 2.37 bits per heavy atom. The van der Waals surface area contributed by atoms with Crippen molar-refractivity contribution in [3.8, 4) is 0 Å². The highest BCUT2D eigenvalue weighted by Gasteiger charge is 2.36. The first kappa shape index (κ1) is 12.9. The maximum atomic E-state index is 11.9. The Morgan fingerprint density at radius 3 is 3.00 bits per heavy atom. The summed E-state index contributed by atoms with van der Waals surface area (Å²) in [4.78, 5) is 17.8. The van der Waals surface area contributed by atoms with E-state index in [1.54, 1.807) is 11.3 Å². The summed E-state index contributed by atoms with van der Waals surface area (Å²) in [5.41, 5.74) is 1.17. The van der Waals surface area contributed by atoms with Crippen LogP contribution in [0.15, 0.2) is 0 Å². The molecule has 1 atom stereocenters. The van der Waals surface area contributed by atoms with E-state index in [1.165, 1.54) is 24.1 Å². The van der Waals surface area contributed by atoms with Crippen LogP contribution in [0, 0.1) is 0 Å². The summed E-state index contributed by atoms with van der Waals surface area (Å²) in [7, 11) is 0. The van der Waals surface area contributed by atoms with Gasteiger partial charge in [0.1, 0.15) is 5.92 Å². The molecule has 1 heterocycles. The number of aryl methyl sites for hydroxylation is 1. The number of esters is 1. The summed E-state index contributed by atoms with van der Waals surface area (Å²) in [6.07, 6.45) is 5.51. The standard InChI is InChI=1S/C14H20N2O2S/c1-3-18-12(17)9-5-6-10-11(9)15-13(19-10)16-14(2)7-4-8-14/h9H,3-8H2,1-2H3,(H,15,16). The molecule has 1 unspecified atom stereocenters. The number of aromatic nitrogens is 1. The van der Waals surface area contributed by atoms with Crippen molar-refractivity contribution in [2.75, 3.05) is 11.9 Å². The predicted molar refractivity (Wildman–Crippen MR) is 75.7 cm³/mol. The molecule has 104 valence electrons. The van der Waals surface area contributed by atoms with Crippen LogP contribution in [0.25, 0.3) is 0 Å². The van der Waals surface area contributed by atoms with E-state index < -0.39 is 0 Å². The number of rotatable bonds is 4. The molecule has 1 aromatic rings. The number of thiazole rings is 1. The molecular formula is C14H20N2O2S. The summed E-state index contributed by atoms with van der Waals surface area (Å²) in [5.74, 6) is -0.260. The van der Waals surface area contributed by atoms with Crippen molar-refractivity contribution in [1.82, 2.24) is 4.98 Å². The van der Waals surface area contributed by atoms with Crippen molar-refractivity contribution in [3.63, 3.8) is 0 Å². The van der Waals surface area contributed by atoms with Gasteiger partial charge in [0, 0.05) is 10.4 Å². The minimum atomic E-state index is -0.143. The molecule has 3 rings (SSSR count). The molecule has 1 saturated carbocycles.